The maximum absolute atomic E-state index is 11.3. The molecule has 0 aliphatic carbocycles. The first-order chi connectivity index (χ1) is 11.2. The van der Waals surface area contributed by atoms with Crippen LogP contribution in [0.2, 0.25) is 0 Å². The molecule has 0 aromatic carbocycles. The normalized spacial score (nSPS) is 11.3. The van der Waals surface area contributed by atoms with Gasteiger partial charge in [0.1, 0.15) is 12.2 Å². The van der Waals surface area contributed by atoms with Crippen molar-refractivity contribution in [1.82, 2.24) is 25.4 Å². The van der Waals surface area contributed by atoms with E-state index in [1.54, 1.807) is 6.33 Å². The van der Waals surface area contributed by atoms with Gasteiger partial charge in [-0.3, -0.25) is 9.79 Å². The van der Waals surface area contributed by atoms with Gasteiger partial charge in [-0.1, -0.05) is 6.92 Å². The van der Waals surface area contributed by atoms with E-state index in [1.807, 2.05) is 18.4 Å². The monoisotopic (exact) mass is 324 g/mol. The van der Waals surface area contributed by atoms with E-state index >= 15 is 0 Å². The van der Waals surface area contributed by atoms with Gasteiger partial charge in [-0.25, -0.2) is 0 Å². The number of aryl methyl sites for hydroxylation is 1. The van der Waals surface area contributed by atoms with Crippen LogP contribution in [-0.4, -0.2) is 52.9 Å². The van der Waals surface area contributed by atoms with Gasteiger partial charge in [0.2, 0.25) is 0 Å². The van der Waals surface area contributed by atoms with E-state index in [1.165, 1.54) is 0 Å². The van der Waals surface area contributed by atoms with Crippen LogP contribution in [0.1, 0.15) is 39.4 Å². The number of aliphatic imine (C=N–C) groups is 1. The Balaban J connectivity index is 2.33. The molecule has 0 fully saturated rings. The number of carbonyl (C=O) groups excluding carboxylic acids is 1. The lowest BCUT2D eigenvalue weighted by Gasteiger charge is -2.12. The van der Waals surface area contributed by atoms with E-state index < -0.39 is 0 Å². The number of aromatic nitrogens is 3. The highest BCUT2D eigenvalue weighted by Crippen LogP contribution is 1.95. The molecule has 2 N–H and O–H groups in total. The number of esters is 1. The molecule has 0 unspecified atom stereocenters. The average molecular weight is 324 g/mol. The summed E-state index contributed by atoms with van der Waals surface area (Å²) in [5.41, 5.74) is 0. The van der Waals surface area contributed by atoms with Crippen LogP contribution >= 0.6 is 0 Å². The number of hydrogen-bond donors (Lipinski definition) is 2. The largest absolute Gasteiger partial charge is 0.466 e. The molecule has 0 amide bonds. The lowest BCUT2D eigenvalue weighted by Crippen LogP contribution is -2.39. The summed E-state index contributed by atoms with van der Waals surface area (Å²) in [6.45, 7) is 9.20. The summed E-state index contributed by atoms with van der Waals surface area (Å²) in [4.78, 5) is 15.7. The van der Waals surface area contributed by atoms with Gasteiger partial charge in [0.05, 0.1) is 6.61 Å². The van der Waals surface area contributed by atoms with Crippen molar-refractivity contribution < 1.29 is 9.53 Å². The summed E-state index contributed by atoms with van der Waals surface area (Å²) in [5.74, 6) is 1.56. The molecule has 1 rings (SSSR count). The van der Waals surface area contributed by atoms with Gasteiger partial charge in [0.25, 0.3) is 0 Å². The summed E-state index contributed by atoms with van der Waals surface area (Å²) in [5, 5.41) is 14.4. The highest BCUT2D eigenvalue weighted by Gasteiger charge is 2.03. The topological polar surface area (TPSA) is 93.4 Å². The number of ether oxygens (including phenoxy) is 1. The van der Waals surface area contributed by atoms with Crippen LogP contribution in [0.25, 0.3) is 0 Å². The lowest BCUT2D eigenvalue weighted by atomic mass is 10.3. The lowest BCUT2D eigenvalue weighted by molar-refractivity contribution is -0.143. The van der Waals surface area contributed by atoms with Crippen LogP contribution in [0.4, 0.5) is 0 Å². The predicted octanol–water partition coefficient (Wildman–Crippen LogP) is 0.739. The van der Waals surface area contributed by atoms with Crippen molar-refractivity contribution in [2.75, 3.05) is 26.2 Å². The SMILES string of the molecule is CCNC(=NCCCC(=O)OCC)NCCn1cnnc1CC. The molecule has 0 aliphatic rings. The number of nitrogens with zero attached hydrogens (tertiary/aromatic N) is 4. The molecule has 1 aromatic heterocycles. The molecular formula is C15H28N6O2. The van der Waals surface area contributed by atoms with Crippen LogP contribution in [0.15, 0.2) is 11.3 Å². The Hall–Kier alpha value is -2.12. The number of carbonyl (C=O) groups is 1. The van der Waals surface area contributed by atoms with Crippen molar-refractivity contribution >= 4 is 11.9 Å². The molecular weight excluding hydrogens is 296 g/mol. The first-order valence-corrected chi connectivity index (χ1v) is 8.25. The van der Waals surface area contributed by atoms with Crippen molar-refractivity contribution in [3.8, 4) is 0 Å². The third-order valence-corrected chi connectivity index (χ3v) is 3.12. The standard InChI is InChI=1S/C15H28N6O2/c1-4-13-20-19-12-21(13)11-10-18-15(16-5-2)17-9-7-8-14(22)23-6-3/h12H,4-11H2,1-3H3,(H2,16,17,18). The van der Waals surface area contributed by atoms with Gasteiger partial charge in [-0.2, -0.15) is 0 Å². The first-order valence-electron chi connectivity index (χ1n) is 8.25. The molecule has 0 saturated heterocycles. The average Bonchev–Trinajstić information content (AvgIpc) is 2.99. The molecule has 8 nitrogen and oxygen atoms in total. The fourth-order valence-electron chi connectivity index (χ4n) is 2.02. The van der Waals surface area contributed by atoms with Gasteiger partial charge >= 0.3 is 5.97 Å². The molecule has 0 aliphatic heterocycles. The molecule has 0 bridgehead atoms. The molecule has 23 heavy (non-hydrogen) atoms. The number of rotatable bonds is 10. The molecule has 0 radical (unpaired) electrons. The quantitative estimate of drug-likeness (QED) is 0.285. The fourth-order valence-corrected chi connectivity index (χ4v) is 2.02. The van der Waals surface area contributed by atoms with Crippen LogP contribution < -0.4 is 10.6 Å². The van der Waals surface area contributed by atoms with Crippen LogP contribution in [0.3, 0.4) is 0 Å². The van der Waals surface area contributed by atoms with E-state index in [2.05, 4.69) is 32.7 Å². The van der Waals surface area contributed by atoms with Crippen LogP contribution in [0.5, 0.6) is 0 Å². The Labute approximate surface area is 137 Å². The van der Waals surface area contributed by atoms with E-state index in [9.17, 15) is 4.79 Å². The predicted molar refractivity (Wildman–Crippen MR) is 89.2 cm³/mol. The molecule has 8 heteroatoms. The Morgan fingerprint density at radius 1 is 1.35 bits per heavy atom. The van der Waals surface area contributed by atoms with Crippen molar-refractivity contribution in [3.63, 3.8) is 0 Å². The number of nitrogens with one attached hydrogen (secondary N) is 2. The zero-order valence-electron chi connectivity index (χ0n) is 14.3. The highest BCUT2D eigenvalue weighted by molar-refractivity contribution is 5.79. The van der Waals surface area contributed by atoms with E-state index in [4.69, 9.17) is 4.74 Å². The molecule has 0 spiro atoms. The first kappa shape index (κ1) is 18.9. The maximum atomic E-state index is 11.3. The third kappa shape index (κ3) is 7.62. The summed E-state index contributed by atoms with van der Waals surface area (Å²) in [6, 6.07) is 0. The van der Waals surface area contributed by atoms with Gasteiger partial charge < -0.3 is 19.9 Å². The van der Waals surface area contributed by atoms with Gasteiger partial charge in [0, 0.05) is 39.0 Å². The highest BCUT2D eigenvalue weighted by atomic mass is 16.5. The summed E-state index contributed by atoms with van der Waals surface area (Å²) < 4.78 is 6.92. The van der Waals surface area contributed by atoms with Gasteiger partial charge in [0.15, 0.2) is 5.96 Å². The Bertz CT molecular complexity index is 486. The van der Waals surface area contributed by atoms with Gasteiger partial charge in [-0.05, 0) is 20.3 Å². The third-order valence-electron chi connectivity index (χ3n) is 3.12. The van der Waals surface area contributed by atoms with Crippen LogP contribution in [-0.2, 0) is 22.5 Å². The minimum absolute atomic E-state index is 0.166. The minimum atomic E-state index is -0.166. The van der Waals surface area contributed by atoms with Crippen LogP contribution in [0, 0.1) is 0 Å². The summed E-state index contributed by atoms with van der Waals surface area (Å²) >= 11 is 0. The second-order valence-electron chi connectivity index (χ2n) is 4.89. The molecule has 1 heterocycles. The Morgan fingerprint density at radius 2 is 2.17 bits per heavy atom. The molecule has 130 valence electrons. The summed E-state index contributed by atoms with van der Waals surface area (Å²) in [6.07, 6.45) is 3.68. The smallest absolute Gasteiger partial charge is 0.305 e. The second-order valence-corrected chi connectivity index (χ2v) is 4.89. The second kappa shape index (κ2) is 11.4. The molecule has 1 aromatic rings. The van der Waals surface area contributed by atoms with Crippen molar-refractivity contribution in [2.45, 2.75) is 46.6 Å². The van der Waals surface area contributed by atoms with Crippen molar-refractivity contribution in [2.24, 2.45) is 4.99 Å². The molecule has 0 saturated carbocycles. The maximum Gasteiger partial charge on any atom is 0.305 e. The van der Waals surface area contributed by atoms with Crippen molar-refractivity contribution in [3.05, 3.63) is 12.2 Å². The van der Waals surface area contributed by atoms with Gasteiger partial charge in [-0.15, -0.1) is 10.2 Å². The Kier molecular flexibility index (Phi) is 9.42. The van der Waals surface area contributed by atoms with E-state index in [0.29, 0.717) is 26.0 Å². The number of hydrogen-bond acceptors (Lipinski definition) is 5. The zero-order chi connectivity index (χ0) is 16.9. The van der Waals surface area contributed by atoms with Crippen molar-refractivity contribution in [1.29, 1.82) is 0 Å². The molecule has 0 atom stereocenters. The Morgan fingerprint density at radius 3 is 2.87 bits per heavy atom. The number of guanidine groups is 1. The minimum Gasteiger partial charge on any atom is -0.466 e. The fraction of sp³-hybridized carbons (Fsp3) is 0.733. The zero-order valence-corrected chi connectivity index (χ0v) is 14.3. The van der Waals surface area contributed by atoms with E-state index in [0.717, 1.165) is 37.8 Å². The van der Waals surface area contributed by atoms with E-state index in [-0.39, 0.29) is 5.97 Å². The summed E-state index contributed by atoms with van der Waals surface area (Å²) in [7, 11) is 0.